The molecule has 35 heavy (non-hydrogen) atoms. The summed E-state index contributed by atoms with van der Waals surface area (Å²) in [6.07, 6.45) is 2.42. The molecule has 0 aromatic heterocycles. The number of aldehydes is 1. The van der Waals surface area contributed by atoms with Crippen LogP contribution in [0.1, 0.15) is 46.4 Å². The third kappa shape index (κ3) is 5.55. The molecule has 10 heteroatoms. The van der Waals surface area contributed by atoms with Crippen molar-refractivity contribution in [1.29, 1.82) is 0 Å². The number of aliphatic hydroxyl groups excluding tert-OH is 1. The first-order chi connectivity index (χ1) is 16.9. The third-order valence-corrected chi connectivity index (χ3v) is 7.35. The standard InChI is InChI=1S/C25H35N5O5/c1-26-23(33)22(3-2-16-31)30-24(34)20-5-4-18(17-21(20)25(30)35)29-14-12-28(13-15-29)11-10-27-8-6-19(32)7-9-27/h4-5,16-17,19,22,32H,2-3,6-15H2,1H3,(H,26,33). The Hall–Kier alpha value is -2.82. The number of hydrogen-bond acceptors (Lipinski definition) is 8. The zero-order valence-electron chi connectivity index (χ0n) is 20.3. The molecule has 2 fully saturated rings. The van der Waals surface area contributed by atoms with Gasteiger partial charge in [-0.25, -0.2) is 0 Å². The molecule has 2 N–H and O–H groups in total. The molecule has 3 heterocycles. The second-order valence-corrected chi connectivity index (χ2v) is 9.49. The van der Waals surface area contributed by atoms with E-state index in [2.05, 4.69) is 20.0 Å². The summed E-state index contributed by atoms with van der Waals surface area (Å²) in [7, 11) is 1.45. The van der Waals surface area contributed by atoms with E-state index in [1.165, 1.54) is 7.05 Å². The van der Waals surface area contributed by atoms with E-state index in [9.17, 15) is 24.3 Å². The Morgan fingerprint density at radius 2 is 1.66 bits per heavy atom. The van der Waals surface area contributed by atoms with Gasteiger partial charge in [-0.2, -0.15) is 0 Å². The maximum atomic E-state index is 13.2. The van der Waals surface area contributed by atoms with E-state index in [0.717, 1.165) is 75.8 Å². The SMILES string of the molecule is CNC(=O)C(CCC=O)N1C(=O)c2ccc(N3CCN(CCN4CCC(O)CC4)CC3)cc2C1=O. The highest BCUT2D eigenvalue weighted by atomic mass is 16.3. The molecular weight excluding hydrogens is 450 g/mol. The van der Waals surface area contributed by atoms with Gasteiger partial charge < -0.3 is 25.0 Å². The Morgan fingerprint density at radius 3 is 2.29 bits per heavy atom. The summed E-state index contributed by atoms with van der Waals surface area (Å²) in [6.45, 7) is 7.39. The van der Waals surface area contributed by atoms with Crippen molar-refractivity contribution in [3.05, 3.63) is 29.3 Å². The molecule has 3 aliphatic rings. The van der Waals surface area contributed by atoms with Gasteiger partial charge in [0.05, 0.1) is 17.2 Å². The molecular formula is C25H35N5O5. The molecule has 1 aromatic carbocycles. The number of piperazine rings is 1. The van der Waals surface area contributed by atoms with Gasteiger partial charge in [-0.3, -0.25) is 24.2 Å². The molecule has 4 rings (SSSR count). The third-order valence-electron chi connectivity index (χ3n) is 7.35. The summed E-state index contributed by atoms with van der Waals surface area (Å²) in [5, 5.41) is 12.2. The molecule has 0 saturated carbocycles. The minimum absolute atomic E-state index is 0.0841. The topological polar surface area (TPSA) is 114 Å². The number of nitrogens with one attached hydrogen (secondary N) is 1. The lowest BCUT2D eigenvalue weighted by molar-refractivity contribution is -0.124. The number of aliphatic hydroxyl groups is 1. The number of carbonyl (C=O) groups is 4. The van der Waals surface area contributed by atoms with E-state index in [4.69, 9.17) is 0 Å². The van der Waals surface area contributed by atoms with E-state index >= 15 is 0 Å². The minimum Gasteiger partial charge on any atom is -0.393 e. The van der Waals surface area contributed by atoms with Gasteiger partial charge in [-0.15, -0.1) is 0 Å². The Labute approximate surface area is 205 Å². The number of piperidine rings is 1. The summed E-state index contributed by atoms with van der Waals surface area (Å²) in [5.41, 5.74) is 1.49. The maximum absolute atomic E-state index is 13.2. The summed E-state index contributed by atoms with van der Waals surface area (Å²) in [4.78, 5) is 57.4. The van der Waals surface area contributed by atoms with Crippen LogP contribution in [0.15, 0.2) is 18.2 Å². The van der Waals surface area contributed by atoms with Crippen LogP contribution in [0.2, 0.25) is 0 Å². The average molecular weight is 486 g/mol. The molecule has 1 unspecified atom stereocenters. The second kappa shape index (κ2) is 11.3. The number of likely N-dealkylation sites (tertiary alicyclic amines) is 1. The fourth-order valence-corrected chi connectivity index (χ4v) is 5.15. The number of rotatable bonds is 9. The highest BCUT2D eigenvalue weighted by Gasteiger charge is 2.42. The average Bonchev–Trinajstić information content (AvgIpc) is 3.13. The van der Waals surface area contributed by atoms with E-state index in [0.29, 0.717) is 17.4 Å². The van der Waals surface area contributed by atoms with Crippen molar-refractivity contribution in [1.82, 2.24) is 20.0 Å². The van der Waals surface area contributed by atoms with Crippen LogP contribution in [0.5, 0.6) is 0 Å². The van der Waals surface area contributed by atoms with Crippen LogP contribution in [-0.2, 0) is 9.59 Å². The van der Waals surface area contributed by atoms with Gasteiger partial charge in [0.2, 0.25) is 5.91 Å². The smallest absolute Gasteiger partial charge is 0.262 e. The quantitative estimate of drug-likeness (QED) is 0.370. The number of likely N-dealkylation sites (N-methyl/N-ethyl adjacent to an activating group) is 1. The highest BCUT2D eigenvalue weighted by molar-refractivity contribution is 6.23. The number of benzene rings is 1. The first-order valence-corrected chi connectivity index (χ1v) is 12.5. The Balaban J connectivity index is 1.37. The maximum Gasteiger partial charge on any atom is 0.262 e. The van der Waals surface area contributed by atoms with Crippen LogP contribution < -0.4 is 10.2 Å². The molecule has 0 radical (unpaired) electrons. The Morgan fingerprint density at radius 1 is 1.03 bits per heavy atom. The van der Waals surface area contributed by atoms with Crippen molar-refractivity contribution in [2.45, 2.75) is 37.8 Å². The van der Waals surface area contributed by atoms with Crippen molar-refractivity contribution in [2.75, 3.05) is 64.3 Å². The van der Waals surface area contributed by atoms with Crippen LogP contribution in [-0.4, -0.2) is 115 Å². The van der Waals surface area contributed by atoms with Gasteiger partial charge in [-0.1, -0.05) is 0 Å². The molecule has 10 nitrogen and oxygen atoms in total. The second-order valence-electron chi connectivity index (χ2n) is 9.49. The Kier molecular flexibility index (Phi) is 8.15. The Bertz CT molecular complexity index is 954. The molecule has 1 aromatic rings. The van der Waals surface area contributed by atoms with Crippen molar-refractivity contribution >= 4 is 29.7 Å². The van der Waals surface area contributed by atoms with Gasteiger partial charge in [0, 0.05) is 71.5 Å². The first-order valence-electron chi connectivity index (χ1n) is 12.5. The van der Waals surface area contributed by atoms with Gasteiger partial charge in [-0.05, 0) is 37.5 Å². The van der Waals surface area contributed by atoms with Crippen LogP contribution in [0, 0.1) is 0 Å². The fourth-order valence-electron chi connectivity index (χ4n) is 5.15. The van der Waals surface area contributed by atoms with Crippen molar-refractivity contribution in [3.8, 4) is 0 Å². The monoisotopic (exact) mass is 485 g/mol. The lowest BCUT2D eigenvalue weighted by atomic mass is 10.1. The number of amides is 3. The summed E-state index contributed by atoms with van der Waals surface area (Å²) in [6, 6.07) is 4.28. The van der Waals surface area contributed by atoms with Gasteiger partial charge in [0.15, 0.2) is 0 Å². The molecule has 1 atom stereocenters. The van der Waals surface area contributed by atoms with E-state index in [-0.39, 0.29) is 18.9 Å². The van der Waals surface area contributed by atoms with Gasteiger partial charge >= 0.3 is 0 Å². The zero-order chi connectivity index (χ0) is 24.9. The van der Waals surface area contributed by atoms with Crippen molar-refractivity contribution in [2.24, 2.45) is 0 Å². The lowest BCUT2D eigenvalue weighted by Gasteiger charge is -2.38. The molecule has 0 spiro atoms. The zero-order valence-corrected chi connectivity index (χ0v) is 20.3. The minimum atomic E-state index is -1.01. The van der Waals surface area contributed by atoms with Crippen LogP contribution in [0.4, 0.5) is 5.69 Å². The lowest BCUT2D eigenvalue weighted by Crippen LogP contribution is -2.49. The molecule has 2 saturated heterocycles. The number of nitrogens with zero attached hydrogens (tertiary/aromatic N) is 4. The predicted molar refractivity (Wildman–Crippen MR) is 130 cm³/mol. The summed E-state index contributed by atoms with van der Waals surface area (Å²) < 4.78 is 0. The molecule has 3 amide bonds. The number of hydrogen-bond donors (Lipinski definition) is 2. The van der Waals surface area contributed by atoms with E-state index in [1.807, 2.05) is 6.07 Å². The van der Waals surface area contributed by atoms with Crippen molar-refractivity contribution < 1.29 is 24.3 Å². The van der Waals surface area contributed by atoms with Crippen LogP contribution in [0.3, 0.4) is 0 Å². The van der Waals surface area contributed by atoms with E-state index < -0.39 is 23.8 Å². The van der Waals surface area contributed by atoms with Crippen LogP contribution in [0.25, 0.3) is 0 Å². The first kappa shape index (κ1) is 25.3. The number of fused-ring (bicyclic) bond motifs is 1. The summed E-state index contributed by atoms with van der Waals surface area (Å²) in [5.74, 6) is -1.44. The number of anilines is 1. The predicted octanol–water partition coefficient (Wildman–Crippen LogP) is -0.0450. The fraction of sp³-hybridized carbons (Fsp3) is 0.600. The molecule has 190 valence electrons. The normalized spacial score (nSPS) is 20.7. The number of carbonyl (C=O) groups excluding carboxylic acids is 4. The molecule has 3 aliphatic heterocycles. The number of imide groups is 1. The highest BCUT2D eigenvalue weighted by Crippen LogP contribution is 2.30. The molecule has 0 aliphatic carbocycles. The van der Waals surface area contributed by atoms with Gasteiger partial charge in [0.25, 0.3) is 11.8 Å². The van der Waals surface area contributed by atoms with Crippen molar-refractivity contribution in [3.63, 3.8) is 0 Å². The largest absolute Gasteiger partial charge is 0.393 e. The van der Waals surface area contributed by atoms with Gasteiger partial charge in [0.1, 0.15) is 12.3 Å². The van der Waals surface area contributed by atoms with E-state index in [1.54, 1.807) is 12.1 Å². The summed E-state index contributed by atoms with van der Waals surface area (Å²) >= 11 is 0. The molecule has 0 bridgehead atoms. The van der Waals surface area contributed by atoms with Crippen LogP contribution >= 0.6 is 0 Å².